The Morgan fingerprint density at radius 1 is 0.919 bits per heavy atom. The number of hydrogen-bond acceptors (Lipinski definition) is 4. The second-order valence-electron chi connectivity index (χ2n) is 12.0. The van der Waals surface area contributed by atoms with E-state index in [-0.39, 0.29) is 5.54 Å². The van der Waals surface area contributed by atoms with Gasteiger partial charge in [-0.3, -0.25) is 4.99 Å². The van der Waals surface area contributed by atoms with Gasteiger partial charge >= 0.3 is 0 Å². The fraction of sp³-hybridized carbons (Fsp3) is 0.516. The number of benzene rings is 2. The standard InChI is InChI=1S/C31H36ClN3OS/c32-24-3-9-28(10-4-24)36-29-11-5-25(6-12-29)33-13-1-2-27-20-37-30(35(27)26-7-8-26)34-31-17-21-14-22(18-31)16-23(15-21)19-31/h3-6,9-12,20-23,26,33H,1-2,7-8,13-19H2. The van der Waals surface area contributed by atoms with Crippen molar-refractivity contribution in [2.24, 2.45) is 22.7 Å². The van der Waals surface area contributed by atoms with Gasteiger partial charge in [0.25, 0.3) is 0 Å². The second kappa shape index (κ2) is 9.81. The van der Waals surface area contributed by atoms with Crippen LogP contribution in [-0.2, 0) is 6.42 Å². The lowest BCUT2D eigenvalue weighted by Gasteiger charge is -2.54. The maximum atomic E-state index is 5.96. The molecule has 4 bridgehead atoms. The van der Waals surface area contributed by atoms with E-state index in [1.165, 1.54) is 61.9 Å². The van der Waals surface area contributed by atoms with E-state index in [4.69, 9.17) is 21.3 Å². The summed E-state index contributed by atoms with van der Waals surface area (Å²) < 4.78 is 8.54. The largest absolute Gasteiger partial charge is 0.457 e. The van der Waals surface area contributed by atoms with Crippen molar-refractivity contribution >= 4 is 28.6 Å². The molecule has 0 spiro atoms. The Kier molecular flexibility index (Phi) is 6.33. The number of nitrogens with one attached hydrogen (secondary N) is 1. The van der Waals surface area contributed by atoms with Crippen LogP contribution >= 0.6 is 22.9 Å². The predicted molar refractivity (Wildman–Crippen MR) is 152 cm³/mol. The molecule has 5 aliphatic rings. The normalized spacial score (nSPS) is 28.6. The first-order valence-corrected chi connectivity index (χ1v) is 15.4. The summed E-state index contributed by atoms with van der Waals surface area (Å²) in [5, 5.41) is 6.70. The van der Waals surface area contributed by atoms with Crippen LogP contribution in [0.15, 0.2) is 58.9 Å². The van der Waals surface area contributed by atoms with Crippen molar-refractivity contribution in [3.05, 3.63) is 69.4 Å². The first-order valence-electron chi connectivity index (χ1n) is 14.1. The Balaban J connectivity index is 0.970. The van der Waals surface area contributed by atoms with E-state index in [2.05, 4.69) is 27.4 Å². The van der Waals surface area contributed by atoms with Gasteiger partial charge in [0, 0.05) is 34.4 Å². The van der Waals surface area contributed by atoms with Gasteiger partial charge in [0.2, 0.25) is 0 Å². The average Bonchev–Trinajstić information content (AvgIpc) is 3.64. The molecule has 0 unspecified atom stereocenters. The van der Waals surface area contributed by atoms with Crippen molar-refractivity contribution in [3.63, 3.8) is 0 Å². The lowest BCUT2D eigenvalue weighted by atomic mass is 9.53. The number of hydrogen-bond donors (Lipinski definition) is 1. The number of halogens is 1. The summed E-state index contributed by atoms with van der Waals surface area (Å²) in [7, 11) is 0. The van der Waals surface area contributed by atoms with Crippen LogP contribution in [0.25, 0.3) is 0 Å². The van der Waals surface area contributed by atoms with Crippen LogP contribution in [0.1, 0.15) is 69.5 Å². The highest BCUT2D eigenvalue weighted by Crippen LogP contribution is 2.57. The quantitative estimate of drug-likeness (QED) is 0.281. The lowest BCUT2D eigenvalue weighted by Crippen LogP contribution is -2.50. The minimum absolute atomic E-state index is 0.262. The van der Waals surface area contributed by atoms with Crippen molar-refractivity contribution in [1.82, 2.24) is 4.57 Å². The molecule has 0 atom stereocenters. The zero-order chi connectivity index (χ0) is 24.8. The fourth-order valence-electron chi connectivity index (χ4n) is 7.53. The predicted octanol–water partition coefficient (Wildman–Crippen LogP) is 8.24. The fourth-order valence-corrected chi connectivity index (χ4v) is 8.75. The Morgan fingerprint density at radius 3 is 2.16 bits per heavy atom. The molecular formula is C31H36ClN3OS. The molecule has 194 valence electrons. The van der Waals surface area contributed by atoms with Crippen LogP contribution in [0.5, 0.6) is 11.5 Å². The van der Waals surface area contributed by atoms with Gasteiger partial charge in [0.05, 0.1) is 5.54 Å². The van der Waals surface area contributed by atoms with Gasteiger partial charge in [-0.1, -0.05) is 11.6 Å². The average molecular weight is 534 g/mol. The van der Waals surface area contributed by atoms with Crippen LogP contribution < -0.4 is 14.9 Å². The molecule has 5 fully saturated rings. The van der Waals surface area contributed by atoms with E-state index >= 15 is 0 Å². The molecule has 6 heteroatoms. The van der Waals surface area contributed by atoms with E-state index in [0.29, 0.717) is 11.1 Å². The first-order chi connectivity index (χ1) is 18.1. The smallest absolute Gasteiger partial charge is 0.185 e. The van der Waals surface area contributed by atoms with Crippen molar-refractivity contribution in [1.29, 1.82) is 0 Å². The Hall–Kier alpha value is -2.24. The maximum Gasteiger partial charge on any atom is 0.185 e. The SMILES string of the molecule is Clc1ccc(Oc2ccc(NCCCc3csc(=NC45CC6CC(CC(C6)C4)C5)n3C3CC3)cc2)cc1. The molecule has 37 heavy (non-hydrogen) atoms. The minimum Gasteiger partial charge on any atom is -0.457 e. The van der Waals surface area contributed by atoms with Crippen LogP contribution in [-0.4, -0.2) is 16.7 Å². The molecule has 8 rings (SSSR count). The first kappa shape index (κ1) is 23.8. The number of thiazole rings is 1. The Morgan fingerprint density at radius 2 is 1.54 bits per heavy atom. The Bertz CT molecular complexity index is 1270. The third-order valence-electron chi connectivity index (χ3n) is 8.91. The van der Waals surface area contributed by atoms with Gasteiger partial charge in [-0.15, -0.1) is 11.3 Å². The van der Waals surface area contributed by atoms with Gasteiger partial charge in [-0.25, -0.2) is 0 Å². The molecule has 0 aliphatic heterocycles. The summed E-state index contributed by atoms with van der Waals surface area (Å²) in [5.74, 6) is 4.47. The third kappa shape index (κ3) is 5.22. The van der Waals surface area contributed by atoms with Gasteiger partial charge < -0.3 is 14.6 Å². The number of aryl methyl sites for hydroxylation is 1. The molecule has 0 radical (unpaired) electrons. The highest BCUT2D eigenvalue weighted by atomic mass is 35.5. The summed E-state index contributed by atoms with van der Waals surface area (Å²) in [6.45, 7) is 0.958. The summed E-state index contributed by atoms with van der Waals surface area (Å²) in [6.07, 6.45) is 13.4. The minimum atomic E-state index is 0.262. The highest BCUT2D eigenvalue weighted by Gasteiger charge is 2.51. The van der Waals surface area contributed by atoms with Crippen molar-refractivity contribution in [2.45, 2.75) is 75.8 Å². The maximum absolute atomic E-state index is 5.96. The zero-order valence-corrected chi connectivity index (χ0v) is 22.9. The van der Waals surface area contributed by atoms with E-state index < -0.39 is 0 Å². The lowest BCUT2D eigenvalue weighted by molar-refractivity contribution is -0.000408. The molecule has 1 heterocycles. The van der Waals surface area contributed by atoms with Crippen LogP contribution in [0, 0.1) is 17.8 Å². The molecule has 4 nitrogen and oxygen atoms in total. The summed E-state index contributed by atoms with van der Waals surface area (Å²) in [5.41, 5.74) is 2.88. The topological polar surface area (TPSA) is 38.5 Å². The molecule has 1 aromatic heterocycles. The number of ether oxygens (including phenoxy) is 1. The number of rotatable bonds is 9. The molecular weight excluding hydrogens is 498 g/mol. The van der Waals surface area contributed by atoms with E-state index in [1.807, 2.05) is 47.7 Å². The molecule has 2 aromatic carbocycles. The van der Waals surface area contributed by atoms with Gasteiger partial charge in [-0.05, 0) is 130 Å². The zero-order valence-electron chi connectivity index (χ0n) is 21.4. The van der Waals surface area contributed by atoms with Crippen molar-refractivity contribution in [2.75, 3.05) is 11.9 Å². The molecule has 0 amide bonds. The molecule has 5 saturated carbocycles. The number of aromatic nitrogens is 1. The summed E-state index contributed by atoms with van der Waals surface area (Å²) >= 11 is 7.86. The van der Waals surface area contributed by atoms with Crippen molar-refractivity contribution < 1.29 is 4.74 Å². The summed E-state index contributed by atoms with van der Waals surface area (Å²) in [6, 6.07) is 16.3. The van der Waals surface area contributed by atoms with Gasteiger partial charge in [0.15, 0.2) is 4.80 Å². The van der Waals surface area contributed by atoms with E-state index in [9.17, 15) is 0 Å². The highest BCUT2D eigenvalue weighted by molar-refractivity contribution is 7.07. The Labute approximate surface area is 228 Å². The molecule has 1 N–H and O–H groups in total. The second-order valence-corrected chi connectivity index (χ2v) is 13.2. The van der Waals surface area contributed by atoms with Gasteiger partial charge in [0.1, 0.15) is 11.5 Å². The molecule has 0 saturated heterocycles. The molecule has 5 aliphatic carbocycles. The number of nitrogens with zero attached hydrogens (tertiary/aromatic N) is 2. The van der Waals surface area contributed by atoms with Crippen LogP contribution in [0.2, 0.25) is 5.02 Å². The summed E-state index contributed by atoms with van der Waals surface area (Å²) in [4.78, 5) is 6.92. The van der Waals surface area contributed by atoms with Crippen molar-refractivity contribution in [3.8, 4) is 11.5 Å². The van der Waals surface area contributed by atoms with E-state index in [1.54, 1.807) is 0 Å². The third-order valence-corrected chi connectivity index (χ3v) is 10.0. The van der Waals surface area contributed by atoms with Crippen LogP contribution in [0.4, 0.5) is 5.69 Å². The van der Waals surface area contributed by atoms with E-state index in [0.717, 1.165) is 54.3 Å². The van der Waals surface area contributed by atoms with Crippen LogP contribution in [0.3, 0.4) is 0 Å². The molecule has 3 aromatic rings. The monoisotopic (exact) mass is 533 g/mol. The van der Waals surface area contributed by atoms with Gasteiger partial charge in [-0.2, -0.15) is 0 Å². The number of anilines is 1.